The summed E-state index contributed by atoms with van der Waals surface area (Å²) in [7, 11) is -2.11. The van der Waals surface area contributed by atoms with E-state index in [1.165, 1.54) is 6.07 Å². The number of benzene rings is 1. The maximum Gasteiger partial charge on any atom is 0.165 e. The predicted octanol–water partition coefficient (Wildman–Crippen LogP) is 3.69. The van der Waals surface area contributed by atoms with Gasteiger partial charge in [0, 0.05) is 23.5 Å². The number of amidine groups is 1. The predicted molar refractivity (Wildman–Crippen MR) is 130 cm³/mol. The van der Waals surface area contributed by atoms with Crippen LogP contribution in [0.5, 0.6) is 5.75 Å². The maximum atomic E-state index is 15.0. The molecule has 1 aliphatic heterocycles. The van der Waals surface area contributed by atoms with Crippen molar-refractivity contribution in [2.75, 3.05) is 18.2 Å². The largest absolute Gasteiger partial charge is 0.495 e. The molecular formula is C24H26FN5O3S. The highest BCUT2D eigenvalue weighted by Gasteiger charge is 2.58. The monoisotopic (exact) mass is 483 g/mol. The minimum absolute atomic E-state index is 0.0326. The normalized spacial score (nSPS) is 26.2. The third kappa shape index (κ3) is 3.48. The van der Waals surface area contributed by atoms with E-state index < -0.39 is 25.9 Å². The lowest BCUT2D eigenvalue weighted by molar-refractivity contribution is 0.413. The maximum absolute atomic E-state index is 15.0. The summed E-state index contributed by atoms with van der Waals surface area (Å²) in [5.41, 5.74) is 7.54. The topological polar surface area (TPSA) is 120 Å². The molecule has 2 aromatic heterocycles. The molecule has 0 radical (unpaired) electrons. The molecule has 3 heterocycles. The van der Waals surface area contributed by atoms with Gasteiger partial charge < -0.3 is 15.8 Å². The second-order valence-corrected chi connectivity index (χ2v) is 11.7. The molecule has 0 saturated heterocycles. The van der Waals surface area contributed by atoms with E-state index in [2.05, 4.69) is 20.3 Å². The molecule has 0 bridgehead atoms. The average Bonchev–Trinajstić information content (AvgIpc) is 3.64. The molecule has 2 atom stereocenters. The van der Waals surface area contributed by atoms with Crippen LogP contribution < -0.4 is 15.8 Å². The highest BCUT2D eigenvalue weighted by atomic mass is 32.2. The summed E-state index contributed by atoms with van der Waals surface area (Å²) in [6.07, 6.45) is 4.83. The number of nitrogens with zero attached hydrogens (tertiary/aromatic N) is 3. The van der Waals surface area contributed by atoms with E-state index in [0.717, 1.165) is 12.8 Å². The quantitative estimate of drug-likeness (QED) is 0.568. The SMILES string of the molecule is COc1cnc2c(Nc3ccc(F)c([C@]4(C)CS(=O)(=O)[C@@](C)(C5CC5)C(N)=N4)c3)ccnc2c1. The molecule has 3 aromatic rings. The summed E-state index contributed by atoms with van der Waals surface area (Å²) in [6, 6.07) is 7.99. The number of anilines is 2. The van der Waals surface area contributed by atoms with Crippen LogP contribution in [0.4, 0.5) is 15.8 Å². The van der Waals surface area contributed by atoms with Gasteiger partial charge in [0.2, 0.25) is 0 Å². The second kappa shape index (κ2) is 7.63. The number of fused-ring (bicyclic) bond motifs is 1. The van der Waals surface area contributed by atoms with Crippen molar-refractivity contribution in [2.45, 2.75) is 37.0 Å². The molecule has 34 heavy (non-hydrogen) atoms. The van der Waals surface area contributed by atoms with Crippen LogP contribution in [0.25, 0.3) is 11.0 Å². The van der Waals surface area contributed by atoms with Gasteiger partial charge in [0.1, 0.15) is 33.2 Å². The minimum atomic E-state index is -3.66. The molecule has 8 nitrogen and oxygen atoms in total. The molecule has 2 aliphatic rings. The first-order valence-corrected chi connectivity index (χ1v) is 12.7. The van der Waals surface area contributed by atoms with Gasteiger partial charge in [0.15, 0.2) is 9.84 Å². The summed E-state index contributed by atoms with van der Waals surface area (Å²) < 4.78 is 45.8. The van der Waals surface area contributed by atoms with Crippen molar-refractivity contribution in [3.8, 4) is 5.75 Å². The van der Waals surface area contributed by atoms with Crippen molar-refractivity contribution in [2.24, 2.45) is 16.6 Å². The zero-order valence-corrected chi connectivity index (χ0v) is 20.0. The van der Waals surface area contributed by atoms with Crippen LogP contribution >= 0.6 is 0 Å². The van der Waals surface area contributed by atoms with Gasteiger partial charge >= 0.3 is 0 Å². The Balaban J connectivity index is 1.54. The van der Waals surface area contributed by atoms with Crippen molar-refractivity contribution in [1.29, 1.82) is 0 Å². The van der Waals surface area contributed by atoms with Gasteiger partial charge in [-0.1, -0.05) is 0 Å². The Morgan fingerprint density at radius 2 is 1.94 bits per heavy atom. The molecular weight excluding hydrogens is 457 g/mol. The van der Waals surface area contributed by atoms with E-state index in [9.17, 15) is 8.42 Å². The van der Waals surface area contributed by atoms with Gasteiger partial charge in [-0.2, -0.15) is 0 Å². The smallest absolute Gasteiger partial charge is 0.165 e. The Labute approximate surface area is 197 Å². The number of hydrogen-bond acceptors (Lipinski definition) is 8. The van der Waals surface area contributed by atoms with Gasteiger partial charge in [0.05, 0.1) is 30.3 Å². The molecule has 3 N–H and O–H groups in total. The summed E-state index contributed by atoms with van der Waals surface area (Å²) in [4.78, 5) is 13.3. The second-order valence-electron chi connectivity index (χ2n) is 9.33. The Morgan fingerprint density at radius 3 is 2.62 bits per heavy atom. The van der Waals surface area contributed by atoms with E-state index in [0.29, 0.717) is 28.2 Å². The number of ether oxygens (including phenoxy) is 1. The first-order chi connectivity index (χ1) is 16.1. The van der Waals surface area contributed by atoms with Crippen molar-refractivity contribution in [1.82, 2.24) is 9.97 Å². The van der Waals surface area contributed by atoms with Crippen LogP contribution in [-0.2, 0) is 15.4 Å². The lowest BCUT2D eigenvalue weighted by Gasteiger charge is -2.40. The zero-order valence-electron chi connectivity index (χ0n) is 19.2. The molecule has 1 saturated carbocycles. The van der Waals surface area contributed by atoms with Gasteiger partial charge in [-0.3, -0.25) is 9.98 Å². The Hall–Kier alpha value is -3.27. The van der Waals surface area contributed by atoms with Gasteiger partial charge in [0.25, 0.3) is 0 Å². The summed E-state index contributed by atoms with van der Waals surface area (Å²) in [5, 5.41) is 3.25. The fraction of sp³-hybridized carbons (Fsp3) is 0.375. The fourth-order valence-corrected chi connectivity index (χ4v) is 7.09. The molecule has 1 fully saturated rings. The lowest BCUT2D eigenvalue weighted by Crippen LogP contribution is -2.58. The molecule has 1 aromatic carbocycles. The number of nitrogens with one attached hydrogen (secondary N) is 1. The van der Waals surface area contributed by atoms with Crippen molar-refractivity contribution >= 4 is 38.1 Å². The van der Waals surface area contributed by atoms with E-state index in [-0.39, 0.29) is 23.1 Å². The third-order valence-corrected chi connectivity index (χ3v) is 9.74. The lowest BCUT2D eigenvalue weighted by atomic mass is 9.92. The number of aliphatic imine (C=N–C) groups is 1. The molecule has 0 spiro atoms. The Morgan fingerprint density at radius 1 is 1.18 bits per heavy atom. The number of halogens is 1. The molecule has 178 valence electrons. The average molecular weight is 484 g/mol. The van der Waals surface area contributed by atoms with E-state index in [4.69, 9.17) is 10.5 Å². The number of pyridine rings is 2. The van der Waals surface area contributed by atoms with Crippen LogP contribution in [0.3, 0.4) is 0 Å². The summed E-state index contributed by atoms with van der Waals surface area (Å²) >= 11 is 0. The number of sulfone groups is 1. The van der Waals surface area contributed by atoms with E-state index >= 15 is 4.39 Å². The Bertz CT molecular complexity index is 1440. The summed E-state index contributed by atoms with van der Waals surface area (Å²) in [6.45, 7) is 3.26. The number of nitrogens with two attached hydrogens (primary N) is 1. The van der Waals surface area contributed by atoms with Crippen LogP contribution in [0, 0.1) is 11.7 Å². The van der Waals surface area contributed by atoms with Gasteiger partial charge in [-0.25, -0.2) is 17.8 Å². The number of aromatic nitrogens is 2. The van der Waals surface area contributed by atoms with Crippen LogP contribution in [0.1, 0.15) is 32.3 Å². The van der Waals surface area contributed by atoms with Crippen molar-refractivity contribution in [3.63, 3.8) is 0 Å². The molecule has 1 aliphatic carbocycles. The minimum Gasteiger partial charge on any atom is -0.495 e. The molecule has 10 heteroatoms. The molecule has 0 amide bonds. The zero-order chi connectivity index (χ0) is 24.3. The van der Waals surface area contributed by atoms with Crippen LogP contribution in [0.2, 0.25) is 0 Å². The van der Waals surface area contributed by atoms with E-state index in [1.54, 1.807) is 57.6 Å². The highest BCUT2D eigenvalue weighted by Crippen LogP contribution is 2.49. The Kier molecular flexibility index (Phi) is 5.05. The molecule has 5 rings (SSSR count). The standard InChI is InChI=1S/C24H26FN5O3S/c1-23(13-34(31,32)24(2,14-4-5-14)22(26)30-23)17-10-15(6-7-18(17)25)29-19-8-9-27-20-11-16(33-3)12-28-21(19)20/h6-12,14H,4-5,13H2,1-3H3,(H2,26,30)(H,27,29)/t23-,24-/m0/s1. The van der Waals surface area contributed by atoms with Crippen LogP contribution in [0.15, 0.2) is 47.7 Å². The molecule has 0 unspecified atom stereocenters. The van der Waals surface area contributed by atoms with Crippen molar-refractivity contribution < 1.29 is 17.5 Å². The highest BCUT2D eigenvalue weighted by molar-refractivity contribution is 7.93. The number of hydrogen-bond donors (Lipinski definition) is 2. The number of rotatable bonds is 5. The van der Waals surface area contributed by atoms with Crippen LogP contribution in [-0.4, -0.2) is 41.8 Å². The first-order valence-electron chi connectivity index (χ1n) is 11.0. The van der Waals surface area contributed by atoms with Gasteiger partial charge in [-0.15, -0.1) is 0 Å². The van der Waals surface area contributed by atoms with Crippen molar-refractivity contribution in [3.05, 3.63) is 54.1 Å². The summed E-state index contributed by atoms with van der Waals surface area (Å²) in [5.74, 6) is -0.249. The first kappa shape index (κ1) is 22.5. The van der Waals surface area contributed by atoms with E-state index in [1.807, 2.05) is 0 Å². The number of methoxy groups -OCH3 is 1. The van der Waals surface area contributed by atoms with Gasteiger partial charge in [-0.05, 0) is 56.9 Å². The third-order valence-electron chi connectivity index (χ3n) is 6.96. The fourth-order valence-electron chi connectivity index (χ4n) is 4.72.